The molecule has 2 atom stereocenters. The van der Waals surface area contributed by atoms with E-state index in [1.807, 2.05) is 13.0 Å². The van der Waals surface area contributed by atoms with Gasteiger partial charge in [-0.15, -0.1) is 0 Å². The SMILES string of the molecule is Cc1cc(N[C@@H]2CCCC[C@H]2N)cc([N+](=O)[O-])c1. The molecule has 0 radical (unpaired) electrons. The van der Waals surface area contributed by atoms with Gasteiger partial charge in [-0.05, 0) is 31.4 Å². The fourth-order valence-corrected chi connectivity index (χ4v) is 2.50. The molecule has 1 fully saturated rings. The third-order valence-electron chi connectivity index (χ3n) is 3.44. The highest BCUT2D eigenvalue weighted by molar-refractivity contribution is 5.54. The van der Waals surface area contributed by atoms with Gasteiger partial charge in [0.05, 0.1) is 4.92 Å². The number of aryl methyl sites for hydroxylation is 1. The standard InChI is InChI=1S/C13H19N3O2/c1-9-6-10(8-11(7-9)16(17)18)15-13-5-3-2-4-12(13)14/h6-8,12-13,15H,2-5,14H2,1H3/t12-,13-/m1/s1. The van der Waals surface area contributed by atoms with E-state index >= 15 is 0 Å². The van der Waals surface area contributed by atoms with Crippen LogP contribution in [0.5, 0.6) is 0 Å². The highest BCUT2D eigenvalue weighted by atomic mass is 16.6. The molecule has 0 aromatic heterocycles. The first-order valence-corrected chi connectivity index (χ1v) is 6.34. The van der Waals surface area contributed by atoms with Crippen molar-refractivity contribution in [2.45, 2.75) is 44.7 Å². The van der Waals surface area contributed by atoms with E-state index in [-0.39, 0.29) is 22.7 Å². The Hall–Kier alpha value is -1.62. The number of rotatable bonds is 3. The number of non-ortho nitro benzene ring substituents is 1. The van der Waals surface area contributed by atoms with Crippen molar-refractivity contribution in [3.8, 4) is 0 Å². The maximum absolute atomic E-state index is 10.8. The Bertz CT molecular complexity index is 448. The Morgan fingerprint density at radius 2 is 2.06 bits per heavy atom. The van der Waals surface area contributed by atoms with Gasteiger partial charge in [0, 0.05) is 29.9 Å². The third-order valence-corrected chi connectivity index (χ3v) is 3.44. The number of nitrogens with two attached hydrogens (primary N) is 1. The molecule has 0 heterocycles. The molecule has 5 heteroatoms. The lowest BCUT2D eigenvalue weighted by atomic mass is 9.91. The second kappa shape index (κ2) is 5.35. The minimum absolute atomic E-state index is 0.127. The highest BCUT2D eigenvalue weighted by Crippen LogP contribution is 2.25. The Kier molecular flexibility index (Phi) is 3.81. The van der Waals surface area contributed by atoms with Gasteiger partial charge in [0.2, 0.25) is 0 Å². The van der Waals surface area contributed by atoms with E-state index in [1.54, 1.807) is 12.1 Å². The molecule has 0 unspecified atom stereocenters. The van der Waals surface area contributed by atoms with Gasteiger partial charge in [-0.25, -0.2) is 0 Å². The van der Waals surface area contributed by atoms with Crippen molar-refractivity contribution in [1.29, 1.82) is 0 Å². The van der Waals surface area contributed by atoms with Crippen LogP contribution in [0.15, 0.2) is 18.2 Å². The summed E-state index contributed by atoms with van der Waals surface area (Å²) in [5.74, 6) is 0. The van der Waals surface area contributed by atoms with Crippen molar-refractivity contribution in [2.24, 2.45) is 5.73 Å². The molecule has 0 spiro atoms. The normalized spacial score (nSPS) is 23.7. The summed E-state index contributed by atoms with van der Waals surface area (Å²) in [5.41, 5.74) is 7.87. The van der Waals surface area contributed by atoms with E-state index in [9.17, 15) is 10.1 Å². The summed E-state index contributed by atoms with van der Waals surface area (Å²) in [6.45, 7) is 1.86. The van der Waals surface area contributed by atoms with E-state index in [2.05, 4.69) is 5.32 Å². The quantitative estimate of drug-likeness (QED) is 0.637. The maximum Gasteiger partial charge on any atom is 0.271 e. The molecule has 1 aromatic rings. The van der Waals surface area contributed by atoms with Crippen molar-refractivity contribution >= 4 is 11.4 Å². The molecule has 1 saturated carbocycles. The van der Waals surface area contributed by atoms with Crippen LogP contribution in [-0.2, 0) is 0 Å². The topological polar surface area (TPSA) is 81.2 Å². The largest absolute Gasteiger partial charge is 0.381 e. The third kappa shape index (κ3) is 2.98. The smallest absolute Gasteiger partial charge is 0.271 e. The van der Waals surface area contributed by atoms with Crippen LogP contribution in [0, 0.1) is 17.0 Å². The molecule has 98 valence electrons. The average molecular weight is 249 g/mol. The molecule has 0 aliphatic heterocycles. The van der Waals surface area contributed by atoms with E-state index in [1.165, 1.54) is 12.8 Å². The molecule has 2 rings (SSSR count). The first kappa shape index (κ1) is 12.8. The van der Waals surface area contributed by atoms with Gasteiger partial charge < -0.3 is 11.1 Å². The molecule has 1 aliphatic carbocycles. The Morgan fingerprint density at radius 3 is 2.72 bits per heavy atom. The van der Waals surface area contributed by atoms with Crippen molar-refractivity contribution in [3.63, 3.8) is 0 Å². The van der Waals surface area contributed by atoms with Crippen molar-refractivity contribution in [3.05, 3.63) is 33.9 Å². The Balaban J connectivity index is 2.15. The zero-order valence-corrected chi connectivity index (χ0v) is 10.6. The van der Waals surface area contributed by atoms with Gasteiger partial charge in [-0.2, -0.15) is 0 Å². The molecule has 3 N–H and O–H groups in total. The Labute approximate surface area is 107 Å². The number of nitro groups is 1. The van der Waals surface area contributed by atoms with Gasteiger partial charge in [-0.1, -0.05) is 12.8 Å². The van der Waals surface area contributed by atoms with E-state index in [0.717, 1.165) is 24.1 Å². The van der Waals surface area contributed by atoms with Gasteiger partial charge >= 0.3 is 0 Å². The van der Waals surface area contributed by atoms with Crippen molar-refractivity contribution < 1.29 is 4.92 Å². The second-order valence-corrected chi connectivity index (χ2v) is 5.01. The van der Waals surface area contributed by atoms with Gasteiger partial charge in [-0.3, -0.25) is 10.1 Å². The average Bonchev–Trinajstić information content (AvgIpc) is 2.31. The zero-order chi connectivity index (χ0) is 13.1. The van der Waals surface area contributed by atoms with Gasteiger partial charge in [0.25, 0.3) is 5.69 Å². The highest BCUT2D eigenvalue weighted by Gasteiger charge is 2.22. The predicted molar refractivity (Wildman–Crippen MR) is 71.7 cm³/mol. The molecule has 0 bridgehead atoms. The molecule has 1 aliphatic rings. The molecule has 5 nitrogen and oxygen atoms in total. The Morgan fingerprint density at radius 1 is 1.33 bits per heavy atom. The fourth-order valence-electron chi connectivity index (χ4n) is 2.50. The van der Waals surface area contributed by atoms with Gasteiger partial charge in [0.15, 0.2) is 0 Å². The monoisotopic (exact) mass is 249 g/mol. The number of anilines is 1. The van der Waals surface area contributed by atoms with Crippen LogP contribution >= 0.6 is 0 Å². The molecule has 0 amide bonds. The van der Waals surface area contributed by atoms with Crippen molar-refractivity contribution in [1.82, 2.24) is 0 Å². The number of hydrogen-bond acceptors (Lipinski definition) is 4. The van der Waals surface area contributed by atoms with Crippen LogP contribution in [0.1, 0.15) is 31.2 Å². The maximum atomic E-state index is 10.8. The molecule has 0 saturated heterocycles. The van der Waals surface area contributed by atoms with E-state index < -0.39 is 0 Å². The molecule has 1 aromatic carbocycles. The lowest BCUT2D eigenvalue weighted by Gasteiger charge is -2.30. The fraction of sp³-hybridized carbons (Fsp3) is 0.538. The minimum Gasteiger partial charge on any atom is -0.381 e. The minimum atomic E-state index is -0.362. The van der Waals surface area contributed by atoms with Crippen LogP contribution in [-0.4, -0.2) is 17.0 Å². The van der Waals surface area contributed by atoms with E-state index in [4.69, 9.17) is 5.73 Å². The second-order valence-electron chi connectivity index (χ2n) is 5.01. The zero-order valence-electron chi connectivity index (χ0n) is 10.6. The molecular weight excluding hydrogens is 230 g/mol. The first-order chi connectivity index (χ1) is 8.56. The van der Waals surface area contributed by atoms with Crippen LogP contribution in [0.4, 0.5) is 11.4 Å². The molecule has 18 heavy (non-hydrogen) atoms. The van der Waals surface area contributed by atoms with Crippen LogP contribution in [0.2, 0.25) is 0 Å². The summed E-state index contributed by atoms with van der Waals surface area (Å²) in [6, 6.07) is 5.44. The van der Waals surface area contributed by atoms with Crippen LogP contribution in [0.25, 0.3) is 0 Å². The number of nitrogens with one attached hydrogen (secondary N) is 1. The summed E-state index contributed by atoms with van der Waals surface area (Å²) >= 11 is 0. The summed E-state index contributed by atoms with van der Waals surface area (Å²) in [4.78, 5) is 10.5. The number of hydrogen-bond donors (Lipinski definition) is 2. The van der Waals surface area contributed by atoms with E-state index in [0.29, 0.717) is 0 Å². The number of benzene rings is 1. The number of nitro benzene ring substituents is 1. The summed E-state index contributed by atoms with van der Waals surface area (Å²) in [7, 11) is 0. The lowest BCUT2D eigenvalue weighted by Crippen LogP contribution is -2.42. The summed E-state index contributed by atoms with van der Waals surface area (Å²) < 4.78 is 0. The first-order valence-electron chi connectivity index (χ1n) is 6.34. The summed E-state index contributed by atoms with van der Waals surface area (Å²) in [5, 5.41) is 14.2. The van der Waals surface area contributed by atoms with Crippen molar-refractivity contribution in [2.75, 3.05) is 5.32 Å². The predicted octanol–water partition coefficient (Wildman–Crippen LogP) is 2.59. The summed E-state index contributed by atoms with van der Waals surface area (Å²) in [6.07, 6.45) is 4.39. The van der Waals surface area contributed by atoms with Crippen LogP contribution < -0.4 is 11.1 Å². The van der Waals surface area contributed by atoms with Gasteiger partial charge in [0.1, 0.15) is 0 Å². The van der Waals surface area contributed by atoms with Crippen LogP contribution in [0.3, 0.4) is 0 Å². The molecular formula is C13H19N3O2. The number of nitrogens with zero attached hydrogens (tertiary/aromatic N) is 1. The lowest BCUT2D eigenvalue weighted by molar-refractivity contribution is -0.384.